The van der Waals surface area contributed by atoms with Crippen LogP contribution in [0.5, 0.6) is 0 Å². The van der Waals surface area contributed by atoms with Gasteiger partial charge in [0.1, 0.15) is 5.82 Å². The lowest BCUT2D eigenvalue weighted by atomic mass is 9.91. The van der Waals surface area contributed by atoms with Gasteiger partial charge >= 0.3 is 0 Å². The Bertz CT molecular complexity index is 351. The molecule has 0 aromatic heterocycles. The van der Waals surface area contributed by atoms with Crippen LogP contribution in [0, 0.1) is 5.82 Å². The predicted molar refractivity (Wildman–Crippen MR) is 68.4 cm³/mol. The molecule has 2 rings (SSSR count). The Balaban J connectivity index is 2.20. The minimum atomic E-state index is -0.175. The van der Waals surface area contributed by atoms with E-state index in [1.54, 1.807) is 0 Å². The molecule has 1 atom stereocenters. The number of benzene rings is 1. The molecule has 1 heterocycles. The van der Waals surface area contributed by atoms with Crippen molar-refractivity contribution in [3.63, 3.8) is 0 Å². The van der Waals surface area contributed by atoms with Crippen LogP contribution in [0.3, 0.4) is 0 Å². The lowest BCUT2D eigenvalue weighted by Gasteiger charge is -2.27. The number of hydrogen-bond acceptors (Lipinski definition) is 2. The molecule has 1 aromatic rings. The Labute approximate surface area is 102 Å². The van der Waals surface area contributed by atoms with E-state index in [0.717, 1.165) is 37.9 Å². The van der Waals surface area contributed by atoms with E-state index in [4.69, 9.17) is 12.6 Å². The van der Waals surface area contributed by atoms with Gasteiger partial charge in [-0.1, -0.05) is 12.1 Å². The summed E-state index contributed by atoms with van der Waals surface area (Å²) < 4.78 is 12.8. The number of likely N-dealkylation sites (tertiary alicyclic amines) is 1. The molecule has 0 radical (unpaired) electrons. The third kappa shape index (κ3) is 2.58. The molecule has 0 bridgehead atoms. The quantitative estimate of drug-likeness (QED) is 0.737. The van der Waals surface area contributed by atoms with Crippen molar-refractivity contribution in [1.29, 1.82) is 0 Å². The van der Waals surface area contributed by atoms with Crippen molar-refractivity contribution in [2.75, 3.05) is 20.1 Å². The molecule has 0 amide bonds. The summed E-state index contributed by atoms with van der Waals surface area (Å²) in [5.74, 6) is -0.175. The Kier molecular flexibility index (Phi) is 3.55. The first-order valence-electron chi connectivity index (χ1n) is 5.77. The molecule has 1 fully saturated rings. The van der Waals surface area contributed by atoms with E-state index in [-0.39, 0.29) is 10.6 Å². The fourth-order valence-corrected chi connectivity index (χ4v) is 2.71. The monoisotopic (exact) mass is 239 g/mol. The van der Waals surface area contributed by atoms with Crippen LogP contribution in [0.2, 0.25) is 0 Å². The van der Waals surface area contributed by atoms with Gasteiger partial charge in [0.25, 0.3) is 0 Å². The lowest BCUT2D eigenvalue weighted by Crippen LogP contribution is -2.23. The van der Waals surface area contributed by atoms with Gasteiger partial charge in [0, 0.05) is 4.75 Å². The number of nitrogens with zero attached hydrogens (tertiary/aromatic N) is 1. The Morgan fingerprint density at radius 2 is 1.88 bits per heavy atom. The van der Waals surface area contributed by atoms with Crippen molar-refractivity contribution >= 4 is 12.6 Å². The molecule has 16 heavy (non-hydrogen) atoms. The van der Waals surface area contributed by atoms with Crippen LogP contribution in [0.1, 0.15) is 24.8 Å². The maximum Gasteiger partial charge on any atom is 0.123 e. The highest BCUT2D eigenvalue weighted by Crippen LogP contribution is 2.38. The standard InChI is InChI=1S/C13H18FNS/c1-15-9-2-7-13(16,8-10-15)11-3-5-12(14)6-4-11/h3-6,16H,2,7-10H2,1H3/t13-/m1/s1. The van der Waals surface area contributed by atoms with Crippen LogP contribution in [-0.4, -0.2) is 25.0 Å². The topological polar surface area (TPSA) is 3.24 Å². The highest BCUT2D eigenvalue weighted by atomic mass is 32.1. The van der Waals surface area contributed by atoms with Gasteiger partial charge in [-0.2, -0.15) is 12.6 Å². The summed E-state index contributed by atoms with van der Waals surface area (Å²) in [6.45, 7) is 2.18. The SMILES string of the molecule is CN1CCC[C@](S)(c2ccc(F)cc2)CC1. The maximum atomic E-state index is 12.9. The molecular formula is C13H18FNS. The van der Waals surface area contributed by atoms with Gasteiger partial charge < -0.3 is 4.90 Å². The van der Waals surface area contributed by atoms with Crippen LogP contribution in [-0.2, 0) is 4.75 Å². The van der Waals surface area contributed by atoms with Crippen molar-refractivity contribution < 1.29 is 4.39 Å². The second-order valence-electron chi connectivity index (χ2n) is 4.70. The fourth-order valence-electron chi connectivity index (χ4n) is 2.30. The smallest absolute Gasteiger partial charge is 0.123 e. The van der Waals surface area contributed by atoms with Gasteiger partial charge in [0.15, 0.2) is 0 Å². The first-order valence-corrected chi connectivity index (χ1v) is 6.22. The first kappa shape index (κ1) is 11.9. The molecule has 88 valence electrons. The molecule has 1 aromatic carbocycles. The zero-order chi connectivity index (χ0) is 11.6. The van der Waals surface area contributed by atoms with E-state index in [9.17, 15) is 4.39 Å². The molecule has 0 spiro atoms. The maximum absolute atomic E-state index is 12.9. The van der Waals surface area contributed by atoms with Gasteiger partial charge in [-0.15, -0.1) is 0 Å². The fraction of sp³-hybridized carbons (Fsp3) is 0.538. The summed E-state index contributed by atoms with van der Waals surface area (Å²) in [6, 6.07) is 6.80. The normalized spacial score (nSPS) is 27.7. The van der Waals surface area contributed by atoms with Crippen molar-refractivity contribution in [2.45, 2.75) is 24.0 Å². The second kappa shape index (κ2) is 4.76. The van der Waals surface area contributed by atoms with Crippen LogP contribution in [0.25, 0.3) is 0 Å². The average molecular weight is 239 g/mol. The van der Waals surface area contributed by atoms with E-state index in [0.29, 0.717) is 0 Å². The molecule has 0 N–H and O–H groups in total. The number of rotatable bonds is 1. The summed E-state index contributed by atoms with van der Waals surface area (Å²) in [6.07, 6.45) is 3.24. The lowest BCUT2D eigenvalue weighted by molar-refractivity contribution is 0.346. The van der Waals surface area contributed by atoms with Crippen LogP contribution >= 0.6 is 12.6 Å². The third-order valence-corrected chi connectivity index (χ3v) is 4.12. The highest BCUT2D eigenvalue weighted by molar-refractivity contribution is 7.81. The van der Waals surface area contributed by atoms with Crippen molar-refractivity contribution in [3.8, 4) is 0 Å². The van der Waals surface area contributed by atoms with E-state index in [1.165, 1.54) is 12.1 Å². The molecular weight excluding hydrogens is 221 g/mol. The Morgan fingerprint density at radius 1 is 1.19 bits per heavy atom. The highest BCUT2D eigenvalue weighted by Gasteiger charge is 2.29. The van der Waals surface area contributed by atoms with Crippen LogP contribution in [0.15, 0.2) is 24.3 Å². The summed E-state index contributed by atoms with van der Waals surface area (Å²) in [5, 5.41) is 0. The molecule has 1 nitrogen and oxygen atoms in total. The summed E-state index contributed by atoms with van der Waals surface area (Å²) >= 11 is 4.83. The molecule has 3 heteroatoms. The summed E-state index contributed by atoms with van der Waals surface area (Å²) in [7, 11) is 2.14. The molecule has 0 saturated carbocycles. The van der Waals surface area contributed by atoms with Crippen molar-refractivity contribution in [2.24, 2.45) is 0 Å². The van der Waals surface area contributed by atoms with Crippen molar-refractivity contribution in [3.05, 3.63) is 35.6 Å². The van der Waals surface area contributed by atoms with E-state index >= 15 is 0 Å². The molecule has 0 aliphatic carbocycles. The second-order valence-corrected chi connectivity index (χ2v) is 5.55. The van der Waals surface area contributed by atoms with Crippen molar-refractivity contribution in [1.82, 2.24) is 4.90 Å². The third-order valence-electron chi connectivity index (χ3n) is 3.42. The van der Waals surface area contributed by atoms with E-state index in [2.05, 4.69) is 11.9 Å². The van der Waals surface area contributed by atoms with E-state index < -0.39 is 0 Å². The summed E-state index contributed by atoms with van der Waals surface area (Å²) in [4.78, 5) is 2.33. The molecule has 0 unspecified atom stereocenters. The van der Waals surface area contributed by atoms with Gasteiger partial charge in [-0.25, -0.2) is 4.39 Å². The minimum absolute atomic E-state index is 0.0849. The summed E-state index contributed by atoms with van der Waals surface area (Å²) in [5.41, 5.74) is 1.15. The molecule has 1 aliphatic heterocycles. The Morgan fingerprint density at radius 3 is 2.56 bits per heavy atom. The van der Waals surface area contributed by atoms with Gasteiger partial charge in [0.2, 0.25) is 0 Å². The van der Waals surface area contributed by atoms with Gasteiger partial charge in [-0.05, 0) is 57.1 Å². The van der Waals surface area contributed by atoms with Crippen LogP contribution < -0.4 is 0 Å². The average Bonchev–Trinajstić information content (AvgIpc) is 2.43. The van der Waals surface area contributed by atoms with Gasteiger partial charge in [-0.3, -0.25) is 0 Å². The molecule has 1 saturated heterocycles. The zero-order valence-corrected chi connectivity index (χ0v) is 10.5. The first-order chi connectivity index (χ1) is 7.60. The van der Waals surface area contributed by atoms with E-state index in [1.807, 2.05) is 12.1 Å². The zero-order valence-electron chi connectivity index (χ0n) is 9.62. The minimum Gasteiger partial charge on any atom is -0.306 e. The number of halogens is 1. The number of hydrogen-bond donors (Lipinski definition) is 1. The van der Waals surface area contributed by atoms with Gasteiger partial charge in [0.05, 0.1) is 0 Å². The Hall–Kier alpha value is -0.540. The van der Waals surface area contributed by atoms with Crippen LogP contribution in [0.4, 0.5) is 4.39 Å². The largest absolute Gasteiger partial charge is 0.306 e. The molecule has 1 aliphatic rings. The predicted octanol–water partition coefficient (Wildman–Crippen LogP) is 3.07. The number of thiol groups is 1.